The molecule has 5 heteroatoms. The number of carbonyl (C=O) groups is 1. The van der Waals surface area contributed by atoms with E-state index in [-0.39, 0.29) is 5.91 Å². The Morgan fingerprint density at radius 3 is 2.89 bits per heavy atom. The maximum absolute atomic E-state index is 12.1. The number of carbonyl (C=O) groups excluding carboxylic acids is 1. The van der Waals surface area contributed by atoms with Crippen molar-refractivity contribution in [2.24, 2.45) is 0 Å². The second-order valence-electron chi connectivity index (χ2n) is 4.01. The van der Waals surface area contributed by atoms with Gasteiger partial charge in [0.25, 0.3) is 0 Å². The molecule has 1 amide bonds. The molecule has 0 radical (unpaired) electrons. The highest BCUT2D eigenvalue weighted by molar-refractivity contribution is 7.13. The molecule has 0 unspecified atom stereocenters. The molecule has 2 rings (SSSR count). The van der Waals surface area contributed by atoms with Crippen LogP contribution >= 0.6 is 23.1 Å². The van der Waals surface area contributed by atoms with E-state index in [9.17, 15) is 4.79 Å². The number of benzene rings is 1. The van der Waals surface area contributed by atoms with Crippen molar-refractivity contribution in [1.29, 1.82) is 0 Å². The quantitative estimate of drug-likeness (QED) is 0.846. The summed E-state index contributed by atoms with van der Waals surface area (Å²) in [4.78, 5) is 13.8. The molecule has 1 aromatic heterocycles. The van der Waals surface area contributed by atoms with Crippen molar-refractivity contribution in [1.82, 2.24) is 4.37 Å². The van der Waals surface area contributed by atoms with Gasteiger partial charge in [-0.1, -0.05) is 24.6 Å². The fourth-order valence-corrected chi connectivity index (χ4v) is 3.03. The smallest absolute Gasteiger partial charge is 0.228 e. The Kier molecular flexibility index (Phi) is 4.19. The zero-order chi connectivity index (χ0) is 13.1. The highest BCUT2D eigenvalue weighted by atomic mass is 35.5. The van der Waals surface area contributed by atoms with E-state index >= 15 is 0 Å². The fraction of sp³-hybridized carbons (Fsp3) is 0.385. The maximum atomic E-state index is 12.1. The number of amides is 1. The Bertz CT molecular complexity index is 567. The van der Waals surface area contributed by atoms with Crippen molar-refractivity contribution in [2.75, 3.05) is 11.4 Å². The predicted octanol–water partition coefficient (Wildman–Crippen LogP) is 4.10. The number of nitrogens with zero attached hydrogens (tertiary/aromatic N) is 2. The lowest BCUT2D eigenvalue weighted by molar-refractivity contribution is -0.118. The van der Waals surface area contributed by atoms with E-state index in [1.165, 1.54) is 11.5 Å². The molecule has 0 atom stereocenters. The van der Waals surface area contributed by atoms with Gasteiger partial charge in [0.1, 0.15) is 0 Å². The molecule has 96 valence electrons. The van der Waals surface area contributed by atoms with Crippen LogP contribution in [0.15, 0.2) is 18.2 Å². The molecule has 0 N–H and O–H groups in total. The van der Waals surface area contributed by atoms with Crippen LogP contribution < -0.4 is 4.90 Å². The van der Waals surface area contributed by atoms with E-state index < -0.39 is 0 Å². The summed E-state index contributed by atoms with van der Waals surface area (Å²) in [6.07, 6.45) is 1.38. The Morgan fingerprint density at radius 1 is 1.44 bits per heavy atom. The minimum atomic E-state index is 0.104. The number of anilines is 1. The lowest BCUT2D eigenvalue weighted by Crippen LogP contribution is -2.30. The molecular formula is C13H15ClN2OS. The summed E-state index contributed by atoms with van der Waals surface area (Å²) in [7, 11) is 0. The zero-order valence-electron chi connectivity index (χ0n) is 10.4. The van der Waals surface area contributed by atoms with Gasteiger partial charge in [-0.2, -0.15) is 4.37 Å². The predicted molar refractivity (Wildman–Crippen MR) is 77.6 cm³/mol. The van der Waals surface area contributed by atoms with Crippen molar-refractivity contribution in [3.63, 3.8) is 0 Å². The van der Waals surface area contributed by atoms with Gasteiger partial charge in [-0.15, -0.1) is 0 Å². The van der Waals surface area contributed by atoms with Gasteiger partial charge in [0.15, 0.2) is 5.82 Å². The number of aromatic nitrogens is 1. The van der Waals surface area contributed by atoms with Gasteiger partial charge in [-0.05, 0) is 37.0 Å². The van der Waals surface area contributed by atoms with Crippen molar-refractivity contribution < 1.29 is 4.79 Å². The van der Waals surface area contributed by atoms with Crippen LogP contribution in [0.3, 0.4) is 0 Å². The van der Waals surface area contributed by atoms with Gasteiger partial charge >= 0.3 is 0 Å². The molecule has 0 aliphatic rings. The van der Waals surface area contributed by atoms with Crippen LogP contribution in [0.2, 0.25) is 5.02 Å². The van der Waals surface area contributed by atoms with Gasteiger partial charge in [0, 0.05) is 13.0 Å². The Hall–Kier alpha value is -1.13. The first kappa shape index (κ1) is 13.3. The molecule has 1 heterocycles. The van der Waals surface area contributed by atoms with Crippen LogP contribution in [0.25, 0.3) is 10.1 Å². The normalized spacial score (nSPS) is 10.8. The lowest BCUT2D eigenvalue weighted by Gasteiger charge is -2.18. The molecule has 0 saturated carbocycles. The van der Waals surface area contributed by atoms with Crippen LogP contribution in [0.1, 0.15) is 26.7 Å². The summed E-state index contributed by atoms with van der Waals surface area (Å²) in [5, 5.41) is 1.54. The minimum Gasteiger partial charge on any atom is -0.296 e. The van der Waals surface area contributed by atoms with E-state index in [1.807, 2.05) is 32.0 Å². The van der Waals surface area contributed by atoms with Gasteiger partial charge in [-0.3, -0.25) is 9.69 Å². The van der Waals surface area contributed by atoms with Crippen LogP contribution in [-0.2, 0) is 4.79 Å². The lowest BCUT2D eigenvalue weighted by atomic mass is 10.2. The zero-order valence-corrected chi connectivity index (χ0v) is 12.0. The summed E-state index contributed by atoms with van der Waals surface area (Å²) in [6, 6.07) is 5.71. The van der Waals surface area contributed by atoms with E-state index in [2.05, 4.69) is 4.37 Å². The van der Waals surface area contributed by atoms with Crippen molar-refractivity contribution in [3.05, 3.63) is 23.2 Å². The monoisotopic (exact) mass is 282 g/mol. The van der Waals surface area contributed by atoms with Gasteiger partial charge < -0.3 is 0 Å². The summed E-state index contributed by atoms with van der Waals surface area (Å²) in [5.41, 5.74) is 0. The summed E-state index contributed by atoms with van der Waals surface area (Å²) in [6.45, 7) is 4.57. The largest absolute Gasteiger partial charge is 0.296 e. The molecule has 0 bridgehead atoms. The summed E-state index contributed by atoms with van der Waals surface area (Å²) in [5.74, 6) is 0.800. The van der Waals surface area contributed by atoms with Gasteiger partial charge in [0.05, 0.1) is 15.1 Å². The summed E-state index contributed by atoms with van der Waals surface area (Å²) < 4.78 is 5.41. The average Bonchev–Trinajstić information content (AvgIpc) is 2.76. The fourth-order valence-electron chi connectivity index (χ4n) is 1.91. The summed E-state index contributed by atoms with van der Waals surface area (Å²) >= 11 is 7.59. The Balaban J connectivity index is 2.49. The van der Waals surface area contributed by atoms with E-state index in [0.717, 1.165) is 16.5 Å². The van der Waals surface area contributed by atoms with Crippen LogP contribution in [-0.4, -0.2) is 16.8 Å². The molecule has 2 aromatic rings. The Morgan fingerprint density at radius 2 is 2.22 bits per heavy atom. The first-order chi connectivity index (χ1) is 8.69. The van der Waals surface area contributed by atoms with Crippen molar-refractivity contribution >= 4 is 44.9 Å². The van der Waals surface area contributed by atoms with Crippen molar-refractivity contribution in [3.8, 4) is 0 Å². The van der Waals surface area contributed by atoms with Crippen LogP contribution in [0.4, 0.5) is 5.82 Å². The SMILES string of the molecule is CCCC(=O)N(CC)c1nsc2cccc(Cl)c12. The Labute approximate surface area is 116 Å². The number of halogens is 1. The van der Waals surface area contributed by atoms with Gasteiger partial charge in [-0.25, -0.2) is 0 Å². The second-order valence-corrected chi connectivity index (χ2v) is 5.22. The van der Waals surface area contributed by atoms with E-state index in [1.54, 1.807) is 4.90 Å². The second kappa shape index (κ2) is 5.67. The molecule has 0 aliphatic heterocycles. The first-order valence-electron chi connectivity index (χ1n) is 6.03. The van der Waals surface area contributed by atoms with Crippen molar-refractivity contribution in [2.45, 2.75) is 26.7 Å². The molecule has 3 nitrogen and oxygen atoms in total. The minimum absolute atomic E-state index is 0.104. The third-order valence-corrected chi connectivity index (χ3v) is 3.88. The molecule has 0 saturated heterocycles. The molecule has 0 spiro atoms. The topological polar surface area (TPSA) is 33.2 Å². The molecule has 0 aliphatic carbocycles. The molecule has 0 fully saturated rings. The third-order valence-electron chi connectivity index (χ3n) is 2.77. The number of fused-ring (bicyclic) bond motifs is 1. The third kappa shape index (κ3) is 2.35. The standard InChI is InChI=1S/C13H15ClN2OS/c1-3-6-11(17)16(4-2)13-12-9(14)7-5-8-10(12)18-15-13/h5,7-8H,3-4,6H2,1-2H3. The molecular weight excluding hydrogens is 268 g/mol. The number of rotatable bonds is 4. The van der Waals surface area contributed by atoms with Crippen LogP contribution in [0, 0.1) is 0 Å². The number of hydrogen-bond donors (Lipinski definition) is 0. The van der Waals surface area contributed by atoms with Gasteiger partial charge in [0.2, 0.25) is 5.91 Å². The van der Waals surface area contributed by atoms with E-state index in [0.29, 0.717) is 23.8 Å². The first-order valence-corrected chi connectivity index (χ1v) is 7.18. The molecule has 18 heavy (non-hydrogen) atoms. The average molecular weight is 283 g/mol. The highest BCUT2D eigenvalue weighted by Crippen LogP contribution is 2.35. The maximum Gasteiger partial charge on any atom is 0.228 e. The van der Waals surface area contributed by atoms with Crippen LogP contribution in [0.5, 0.6) is 0 Å². The molecule has 1 aromatic carbocycles. The van der Waals surface area contributed by atoms with E-state index in [4.69, 9.17) is 11.6 Å². The highest BCUT2D eigenvalue weighted by Gasteiger charge is 2.19. The number of hydrogen-bond acceptors (Lipinski definition) is 3.